The predicted octanol–water partition coefficient (Wildman–Crippen LogP) is 2.23. The van der Waals surface area contributed by atoms with E-state index in [4.69, 9.17) is 17.3 Å². The molecule has 0 saturated heterocycles. The maximum absolute atomic E-state index is 11.6. The Bertz CT molecular complexity index is 398. The zero-order valence-corrected chi connectivity index (χ0v) is 9.50. The smallest absolute Gasteiger partial charge is 0.303 e. The highest BCUT2D eigenvalue weighted by Gasteiger charge is 2.11. The Balaban J connectivity index is 2.49. The standard InChI is InChI=1S/C12H12O3S/c13-10(7-4-8-11(14)15)12(16)9-5-2-1-3-6-9/h1-3,5-6H,4,7-8H2,(H,14,15). The molecule has 0 heterocycles. The average molecular weight is 236 g/mol. The van der Waals surface area contributed by atoms with Crippen molar-refractivity contribution >= 4 is 28.8 Å². The Hall–Kier alpha value is -1.55. The van der Waals surface area contributed by atoms with Crippen LogP contribution in [-0.4, -0.2) is 21.7 Å². The van der Waals surface area contributed by atoms with Gasteiger partial charge in [0.1, 0.15) is 0 Å². The van der Waals surface area contributed by atoms with Gasteiger partial charge in [-0.25, -0.2) is 0 Å². The molecule has 0 radical (unpaired) electrons. The molecule has 0 saturated carbocycles. The number of thiocarbonyl (C=S) groups is 1. The summed E-state index contributed by atoms with van der Waals surface area (Å²) in [5.41, 5.74) is 0.720. The van der Waals surface area contributed by atoms with Crippen molar-refractivity contribution in [2.24, 2.45) is 0 Å². The minimum Gasteiger partial charge on any atom is -0.481 e. The van der Waals surface area contributed by atoms with Crippen LogP contribution in [0, 0.1) is 0 Å². The molecule has 1 aromatic carbocycles. The van der Waals surface area contributed by atoms with E-state index in [9.17, 15) is 9.59 Å². The number of aliphatic carboxylic acids is 1. The first-order chi connectivity index (χ1) is 7.61. The molecule has 1 N–H and O–H groups in total. The third kappa shape index (κ3) is 3.90. The molecule has 0 atom stereocenters. The molecule has 84 valence electrons. The third-order valence-corrected chi connectivity index (χ3v) is 2.55. The van der Waals surface area contributed by atoms with E-state index in [0.29, 0.717) is 6.42 Å². The van der Waals surface area contributed by atoms with E-state index >= 15 is 0 Å². The summed E-state index contributed by atoms with van der Waals surface area (Å²) in [7, 11) is 0. The first-order valence-corrected chi connectivity index (χ1v) is 5.36. The molecule has 3 nitrogen and oxygen atoms in total. The summed E-state index contributed by atoms with van der Waals surface area (Å²) in [6.07, 6.45) is 0.532. The summed E-state index contributed by atoms with van der Waals surface area (Å²) >= 11 is 5.03. The average Bonchev–Trinajstić information content (AvgIpc) is 2.28. The quantitative estimate of drug-likeness (QED) is 0.608. The van der Waals surface area contributed by atoms with Gasteiger partial charge < -0.3 is 5.11 Å². The maximum atomic E-state index is 11.6. The van der Waals surface area contributed by atoms with E-state index in [1.165, 1.54) is 0 Å². The number of carboxylic acid groups (broad SMARTS) is 1. The molecule has 0 unspecified atom stereocenters. The van der Waals surface area contributed by atoms with Gasteiger partial charge in [0.2, 0.25) is 0 Å². The molecule has 0 spiro atoms. The molecular formula is C12H12O3S. The number of carbonyl (C=O) groups excluding carboxylic acids is 1. The minimum atomic E-state index is -0.890. The largest absolute Gasteiger partial charge is 0.481 e. The second-order valence-corrected chi connectivity index (χ2v) is 3.77. The van der Waals surface area contributed by atoms with Crippen LogP contribution in [0.5, 0.6) is 0 Å². The van der Waals surface area contributed by atoms with Crippen LogP contribution < -0.4 is 0 Å². The van der Waals surface area contributed by atoms with Crippen molar-refractivity contribution in [3.8, 4) is 0 Å². The van der Waals surface area contributed by atoms with Crippen LogP contribution in [0.2, 0.25) is 0 Å². The van der Waals surface area contributed by atoms with E-state index in [0.717, 1.165) is 5.56 Å². The molecular weight excluding hydrogens is 224 g/mol. The van der Waals surface area contributed by atoms with Gasteiger partial charge in [-0.1, -0.05) is 42.5 Å². The number of carboxylic acids is 1. The molecule has 0 aliphatic rings. The van der Waals surface area contributed by atoms with Crippen molar-refractivity contribution in [2.75, 3.05) is 0 Å². The van der Waals surface area contributed by atoms with Gasteiger partial charge in [-0.2, -0.15) is 0 Å². The Morgan fingerprint density at radius 2 is 1.75 bits per heavy atom. The first kappa shape index (κ1) is 12.5. The van der Waals surface area contributed by atoms with Gasteiger partial charge in [0.05, 0.1) is 4.86 Å². The predicted molar refractivity (Wildman–Crippen MR) is 64.6 cm³/mol. The van der Waals surface area contributed by atoms with Crippen LogP contribution in [-0.2, 0) is 9.59 Å². The Morgan fingerprint density at radius 3 is 2.31 bits per heavy atom. The topological polar surface area (TPSA) is 54.4 Å². The fourth-order valence-electron chi connectivity index (χ4n) is 1.26. The monoisotopic (exact) mass is 236 g/mol. The van der Waals surface area contributed by atoms with Crippen molar-refractivity contribution in [3.63, 3.8) is 0 Å². The van der Waals surface area contributed by atoms with Crippen molar-refractivity contribution in [1.29, 1.82) is 0 Å². The van der Waals surface area contributed by atoms with Crippen molar-refractivity contribution in [2.45, 2.75) is 19.3 Å². The van der Waals surface area contributed by atoms with Crippen molar-refractivity contribution < 1.29 is 14.7 Å². The number of hydrogen-bond acceptors (Lipinski definition) is 3. The SMILES string of the molecule is O=C(O)CCCC(=O)C(=S)c1ccccc1. The fourth-order valence-corrected chi connectivity index (χ4v) is 1.50. The summed E-state index contributed by atoms with van der Waals surface area (Å²) in [5.74, 6) is -1.05. The lowest BCUT2D eigenvalue weighted by molar-refractivity contribution is -0.137. The molecule has 0 aliphatic carbocycles. The summed E-state index contributed by atoms with van der Waals surface area (Å²) in [5, 5.41) is 8.44. The van der Waals surface area contributed by atoms with Crippen molar-refractivity contribution in [3.05, 3.63) is 35.9 Å². The third-order valence-electron chi connectivity index (χ3n) is 2.08. The van der Waals surface area contributed by atoms with E-state index in [1.807, 2.05) is 18.2 Å². The molecule has 1 aromatic rings. The molecule has 4 heteroatoms. The van der Waals surface area contributed by atoms with E-state index in [2.05, 4.69) is 0 Å². The van der Waals surface area contributed by atoms with Crippen LogP contribution in [0.15, 0.2) is 30.3 Å². The second kappa shape index (κ2) is 6.12. The number of hydrogen-bond donors (Lipinski definition) is 1. The Morgan fingerprint density at radius 1 is 1.12 bits per heavy atom. The van der Waals surface area contributed by atoms with Gasteiger partial charge in [-0.3, -0.25) is 9.59 Å². The summed E-state index contributed by atoms with van der Waals surface area (Å²) in [4.78, 5) is 22.2. The first-order valence-electron chi connectivity index (χ1n) is 4.95. The summed E-state index contributed by atoms with van der Waals surface area (Å²) in [6, 6.07) is 9.02. The lowest BCUT2D eigenvalue weighted by atomic mass is 10.0. The number of carbonyl (C=O) groups is 2. The lowest BCUT2D eigenvalue weighted by Gasteiger charge is -2.02. The number of rotatable bonds is 6. The molecule has 0 bridgehead atoms. The number of benzene rings is 1. The Kier molecular flexibility index (Phi) is 4.79. The van der Waals surface area contributed by atoms with Gasteiger partial charge in [-0.15, -0.1) is 0 Å². The minimum absolute atomic E-state index is 0.00312. The van der Waals surface area contributed by atoms with Crippen LogP contribution in [0.3, 0.4) is 0 Å². The van der Waals surface area contributed by atoms with Crippen LogP contribution in [0.25, 0.3) is 0 Å². The number of ketones is 1. The van der Waals surface area contributed by atoms with Gasteiger partial charge >= 0.3 is 5.97 Å². The van der Waals surface area contributed by atoms with Gasteiger partial charge in [0.25, 0.3) is 0 Å². The van der Waals surface area contributed by atoms with Crippen LogP contribution in [0.1, 0.15) is 24.8 Å². The molecule has 0 fully saturated rings. The summed E-state index contributed by atoms with van der Waals surface area (Å²) < 4.78 is 0. The normalized spacial score (nSPS) is 9.75. The van der Waals surface area contributed by atoms with Gasteiger partial charge in [0.15, 0.2) is 5.78 Å². The van der Waals surface area contributed by atoms with Gasteiger partial charge in [-0.05, 0) is 12.0 Å². The highest BCUT2D eigenvalue weighted by Crippen LogP contribution is 2.06. The molecule has 0 amide bonds. The molecule has 16 heavy (non-hydrogen) atoms. The number of Topliss-reactive ketones (excluding diaryl/α,β-unsaturated/α-hetero) is 1. The van der Waals surface area contributed by atoms with Gasteiger partial charge in [0, 0.05) is 12.8 Å². The molecule has 0 aliphatic heterocycles. The molecule has 0 aromatic heterocycles. The second-order valence-electron chi connectivity index (χ2n) is 3.37. The highest BCUT2D eigenvalue weighted by atomic mass is 32.1. The van der Waals surface area contributed by atoms with Crippen molar-refractivity contribution in [1.82, 2.24) is 0 Å². The Labute approximate surface area is 99.1 Å². The van der Waals surface area contributed by atoms with Crippen LogP contribution >= 0.6 is 12.2 Å². The maximum Gasteiger partial charge on any atom is 0.303 e. The van der Waals surface area contributed by atoms with E-state index < -0.39 is 5.97 Å². The fraction of sp³-hybridized carbons (Fsp3) is 0.250. The molecule has 1 rings (SSSR count). The summed E-state index contributed by atoms with van der Waals surface area (Å²) in [6.45, 7) is 0. The zero-order valence-electron chi connectivity index (χ0n) is 8.68. The zero-order chi connectivity index (χ0) is 12.0. The van der Waals surface area contributed by atoms with E-state index in [1.54, 1.807) is 12.1 Å². The highest BCUT2D eigenvalue weighted by molar-refractivity contribution is 7.82. The van der Waals surface area contributed by atoms with Crippen LogP contribution in [0.4, 0.5) is 0 Å². The van der Waals surface area contributed by atoms with E-state index in [-0.39, 0.29) is 23.5 Å². The lowest BCUT2D eigenvalue weighted by Crippen LogP contribution is -2.13.